The highest BCUT2D eigenvalue weighted by Gasteiger charge is 2.44. The van der Waals surface area contributed by atoms with Crippen LogP contribution in [0.15, 0.2) is 18.2 Å². The summed E-state index contributed by atoms with van der Waals surface area (Å²) in [5.41, 5.74) is 0.634. The van der Waals surface area contributed by atoms with Gasteiger partial charge in [-0.25, -0.2) is 5.06 Å². The van der Waals surface area contributed by atoms with Gasteiger partial charge in [0.2, 0.25) is 5.78 Å². The number of hydrogen-bond acceptors (Lipinski definition) is 5. The van der Waals surface area contributed by atoms with Crippen molar-refractivity contribution in [2.75, 3.05) is 20.2 Å². The quantitative estimate of drug-likeness (QED) is 0.393. The van der Waals surface area contributed by atoms with Crippen molar-refractivity contribution in [2.45, 2.75) is 19.4 Å². The van der Waals surface area contributed by atoms with Crippen LogP contribution in [0.25, 0.3) is 0 Å². The first-order valence-electron chi connectivity index (χ1n) is 8.09. The molecule has 146 valence electrons. The van der Waals surface area contributed by atoms with Gasteiger partial charge in [-0.2, -0.15) is 0 Å². The second-order valence-corrected chi connectivity index (χ2v) is 6.79. The van der Waals surface area contributed by atoms with E-state index in [0.717, 1.165) is 5.06 Å². The van der Waals surface area contributed by atoms with Crippen LogP contribution < -0.4 is 0 Å². The lowest BCUT2D eigenvalue weighted by Crippen LogP contribution is -2.38. The van der Waals surface area contributed by atoms with Gasteiger partial charge in [0.05, 0.1) is 23.7 Å². The Morgan fingerprint density at radius 3 is 2.59 bits per heavy atom. The summed E-state index contributed by atoms with van der Waals surface area (Å²) in [5, 5.41) is 10.3. The maximum Gasteiger partial charge on any atom is 0.303 e. The van der Waals surface area contributed by atoms with Gasteiger partial charge < -0.3 is 10.0 Å². The predicted molar refractivity (Wildman–Crippen MR) is 96.0 cm³/mol. The molecule has 8 nitrogen and oxygen atoms in total. The number of Topliss-reactive ketones (excluding diaryl/α,β-unsaturated/α-hetero) is 1. The smallest absolute Gasteiger partial charge is 0.303 e. The number of halogens is 2. The average molecular weight is 417 g/mol. The summed E-state index contributed by atoms with van der Waals surface area (Å²) in [6.45, 7) is 0.0149. The molecule has 2 rings (SSSR count). The third kappa shape index (κ3) is 5.18. The van der Waals surface area contributed by atoms with Crippen molar-refractivity contribution in [3.05, 3.63) is 33.8 Å². The van der Waals surface area contributed by atoms with Crippen molar-refractivity contribution < 1.29 is 29.1 Å². The molecule has 27 heavy (non-hydrogen) atoms. The number of carbonyl (C=O) groups is 4. The summed E-state index contributed by atoms with van der Waals surface area (Å²) in [5.74, 6) is -4.45. The lowest BCUT2D eigenvalue weighted by Gasteiger charge is -2.22. The summed E-state index contributed by atoms with van der Waals surface area (Å²) < 4.78 is 0. The lowest BCUT2D eigenvalue weighted by atomic mass is 10.1. The van der Waals surface area contributed by atoms with E-state index in [1.807, 2.05) is 0 Å². The van der Waals surface area contributed by atoms with Crippen molar-refractivity contribution in [1.82, 2.24) is 9.96 Å². The van der Waals surface area contributed by atoms with Crippen LogP contribution in [0.5, 0.6) is 0 Å². The van der Waals surface area contributed by atoms with E-state index in [9.17, 15) is 19.2 Å². The van der Waals surface area contributed by atoms with Crippen LogP contribution in [0, 0.1) is 5.92 Å². The number of carboxylic acids is 1. The Balaban J connectivity index is 2.05. The van der Waals surface area contributed by atoms with E-state index in [4.69, 9.17) is 33.1 Å². The largest absolute Gasteiger partial charge is 0.481 e. The molecule has 2 amide bonds. The highest BCUT2D eigenvalue weighted by molar-refractivity contribution is 6.42. The van der Waals surface area contributed by atoms with Crippen LogP contribution in [-0.4, -0.2) is 58.8 Å². The molecular formula is C17H18Cl2N2O6. The number of hydrogen-bond donors (Lipinski definition) is 1. The maximum atomic E-state index is 12.7. The summed E-state index contributed by atoms with van der Waals surface area (Å²) in [7, 11) is 1.28. The number of rotatable bonds is 8. The second-order valence-electron chi connectivity index (χ2n) is 5.97. The van der Waals surface area contributed by atoms with Crippen LogP contribution >= 0.6 is 23.2 Å². The molecule has 1 saturated heterocycles. The summed E-state index contributed by atoms with van der Waals surface area (Å²) in [6.07, 6.45) is 0.0740. The first-order valence-corrected chi connectivity index (χ1v) is 8.84. The Morgan fingerprint density at radius 1 is 1.30 bits per heavy atom. The third-order valence-corrected chi connectivity index (χ3v) is 4.85. The van der Waals surface area contributed by atoms with Gasteiger partial charge in [-0.05, 0) is 24.1 Å². The first kappa shape index (κ1) is 21.1. The van der Waals surface area contributed by atoms with Crippen molar-refractivity contribution >= 4 is 46.8 Å². The molecule has 1 aromatic carbocycles. The van der Waals surface area contributed by atoms with Crippen LogP contribution in [0.1, 0.15) is 18.4 Å². The van der Waals surface area contributed by atoms with E-state index < -0.39 is 29.5 Å². The van der Waals surface area contributed by atoms with Crippen LogP contribution in [0.3, 0.4) is 0 Å². The normalized spacial score (nSPS) is 16.7. The Bertz CT molecular complexity index is 770. The lowest BCUT2D eigenvalue weighted by molar-refractivity contribution is -0.184. The number of aliphatic carboxylic acids is 1. The number of hydroxylamine groups is 2. The number of amides is 2. The average Bonchev–Trinajstić information content (AvgIpc) is 2.90. The molecule has 0 bridgehead atoms. The molecular weight excluding hydrogens is 399 g/mol. The minimum Gasteiger partial charge on any atom is -0.481 e. The number of nitrogens with zero attached hydrogens (tertiary/aromatic N) is 2. The van der Waals surface area contributed by atoms with E-state index in [1.165, 1.54) is 12.0 Å². The van der Waals surface area contributed by atoms with Crippen molar-refractivity contribution in [1.29, 1.82) is 0 Å². The van der Waals surface area contributed by atoms with Gasteiger partial charge in [0.1, 0.15) is 5.92 Å². The van der Waals surface area contributed by atoms with E-state index in [0.29, 0.717) is 15.6 Å². The number of carbonyl (C=O) groups excluding carboxylic acids is 3. The van der Waals surface area contributed by atoms with Crippen LogP contribution in [-0.2, 0) is 30.6 Å². The molecule has 1 unspecified atom stereocenters. The molecule has 1 fully saturated rings. The van der Waals surface area contributed by atoms with Gasteiger partial charge in [0.15, 0.2) is 0 Å². The molecule has 0 aliphatic carbocycles. The van der Waals surface area contributed by atoms with Crippen LogP contribution in [0.2, 0.25) is 10.0 Å². The zero-order valence-corrected chi connectivity index (χ0v) is 16.0. The van der Waals surface area contributed by atoms with E-state index in [-0.39, 0.29) is 32.5 Å². The Labute approximate surface area is 165 Å². The minimum absolute atomic E-state index is 0.0171. The predicted octanol–water partition coefficient (Wildman–Crippen LogP) is 1.78. The third-order valence-electron chi connectivity index (χ3n) is 4.11. The van der Waals surface area contributed by atoms with Gasteiger partial charge in [-0.3, -0.25) is 24.0 Å². The van der Waals surface area contributed by atoms with Crippen molar-refractivity contribution in [3.63, 3.8) is 0 Å². The molecule has 0 radical (unpaired) electrons. The molecule has 1 heterocycles. The molecule has 0 saturated carbocycles. The van der Waals surface area contributed by atoms with E-state index in [1.54, 1.807) is 18.2 Å². The minimum atomic E-state index is -1.19. The van der Waals surface area contributed by atoms with Gasteiger partial charge >= 0.3 is 5.97 Å². The summed E-state index contributed by atoms with van der Waals surface area (Å²) in [6, 6.07) is 4.81. The van der Waals surface area contributed by atoms with Gasteiger partial charge in [-0.1, -0.05) is 29.3 Å². The van der Waals surface area contributed by atoms with Gasteiger partial charge in [0, 0.05) is 19.5 Å². The monoisotopic (exact) mass is 416 g/mol. The summed E-state index contributed by atoms with van der Waals surface area (Å²) in [4.78, 5) is 53.7. The Hall–Kier alpha value is -2.16. The van der Waals surface area contributed by atoms with Crippen molar-refractivity contribution in [3.8, 4) is 0 Å². The molecule has 0 aromatic heterocycles. The number of ketones is 1. The fraction of sp³-hybridized carbons (Fsp3) is 0.412. The topological polar surface area (TPSA) is 104 Å². The zero-order valence-electron chi connectivity index (χ0n) is 14.5. The fourth-order valence-electron chi connectivity index (χ4n) is 2.71. The SMILES string of the molecule is CON(Cc1ccc(Cl)c(Cl)c1)C(=O)C1CN(CCCC(=O)O)C(=O)C1=O. The molecule has 10 heteroatoms. The maximum absolute atomic E-state index is 12.7. The zero-order chi connectivity index (χ0) is 20.1. The molecule has 1 N–H and O–H groups in total. The molecule has 1 aliphatic heterocycles. The van der Waals surface area contributed by atoms with Crippen LogP contribution in [0.4, 0.5) is 0 Å². The van der Waals surface area contributed by atoms with Gasteiger partial charge in [-0.15, -0.1) is 0 Å². The summed E-state index contributed by atoms with van der Waals surface area (Å²) >= 11 is 11.8. The van der Waals surface area contributed by atoms with Gasteiger partial charge in [0.25, 0.3) is 11.8 Å². The van der Waals surface area contributed by atoms with Crippen molar-refractivity contribution in [2.24, 2.45) is 5.92 Å². The van der Waals surface area contributed by atoms with E-state index in [2.05, 4.69) is 0 Å². The highest BCUT2D eigenvalue weighted by atomic mass is 35.5. The Morgan fingerprint density at radius 2 is 2.00 bits per heavy atom. The molecule has 1 aliphatic rings. The first-order chi connectivity index (χ1) is 12.7. The Kier molecular flexibility index (Phi) is 7.18. The molecule has 1 aromatic rings. The number of likely N-dealkylation sites (tertiary alicyclic amines) is 1. The molecule has 1 atom stereocenters. The van der Waals surface area contributed by atoms with E-state index >= 15 is 0 Å². The number of carboxylic acid groups (broad SMARTS) is 1. The second kappa shape index (κ2) is 9.16. The standard InChI is InChI=1S/C17H18Cl2N2O6/c1-27-21(8-10-4-5-12(18)13(19)7-10)16(25)11-9-20(17(26)15(11)24)6-2-3-14(22)23/h4-5,7,11H,2-3,6,8-9H2,1H3,(H,22,23). The fourth-order valence-corrected chi connectivity index (χ4v) is 3.03. The highest BCUT2D eigenvalue weighted by Crippen LogP contribution is 2.24. The number of benzene rings is 1. The molecule has 0 spiro atoms.